The zero-order valence-electron chi connectivity index (χ0n) is 15.1. The summed E-state index contributed by atoms with van der Waals surface area (Å²) in [5, 5.41) is 0.653. The van der Waals surface area contributed by atoms with E-state index in [-0.39, 0.29) is 11.5 Å². The Kier molecular flexibility index (Phi) is 5.04. The van der Waals surface area contributed by atoms with Gasteiger partial charge in [0.15, 0.2) is 5.76 Å². The number of hydrogen-bond acceptors (Lipinski definition) is 4. The predicted octanol–water partition coefficient (Wildman–Crippen LogP) is 5.54. The molecule has 4 rings (SSSR count). The molecule has 1 aliphatic rings. The fraction of sp³-hybridized carbons (Fsp3) is 0.0870. The van der Waals surface area contributed by atoms with Crippen LogP contribution in [0.15, 0.2) is 72.5 Å². The third-order valence-electron chi connectivity index (χ3n) is 4.41. The monoisotopic (exact) mass is 392 g/mol. The lowest BCUT2D eigenvalue weighted by Crippen LogP contribution is -1.98. The number of methoxy groups -OCH3 is 1. The number of halogens is 1. The van der Waals surface area contributed by atoms with E-state index in [1.807, 2.05) is 48.5 Å². The minimum Gasteiger partial charge on any atom is -0.497 e. The molecule has 0 aromatic heterocycles. The Balaban J connectivity index is 1.50. The largest absolute Gasteiger partial charge is 0.497 e. The van der Waals surface area contributed by atoms with Crippen molar-refractivity contribution in [3.05, 3.63) is 94.2 Å². The number of allylic oxidation sites excluding steroid dienone is 1. The second kappa shape index (κ2) is 7.79. The Morgan fingerprint density at radius 2 is 1.75 bits per heavy atom. The van der Waals surface area contributed by atoms with E-state index < -0.39 is 0 Å². The molecule has 0 aliphatic carbocycles. The summed E-state index contributed by atoms with van der Waals surface area (Å²) < 4.78 is 16.7. The van der Waals surface area contributed by atoms with Crippen LogP contribution >= 0.6 is 11.6 Å². The smallest absolute Gasteiger partial charge is 0.231 e. The molecule has 0 N–H and O–H groups in total. The van der Waals surface area contributed by atoms with Gasteiger partial charge in [-0.3, -0.25) is 4.79 Å². The SMILES string of the molecule is COc1ccc(/C=C2/Oc3cc(OCc4ccccc4Cl)ccc3C2=O)cc1. The summed E-state index contributed by atoms with van der Waals surface area (Å²) in [6.45, 7) is 0.334. The first-order chi connectivity index (χ1) is 13.6. The van der Waals surface area contributed by atoms with Gasteiger partial charge in [0.1, 0.15) is 23.9 Å². The number of ketones is 1. The van der Waals surface area contributed by atoms with E-state index in [1.165, 1.54) is 0 Å². The Hall–Kier alpha value is -3.24. The van der Waals surface area contributed by atoms with E-state index in [1.54, 1.807) is 31.4 Å². The fourth-order valence-electron chi connectivity index (χ4n) is 2.89. The molecular weight excluding hydrogens is 376 g/mol. The van der Waals surface area contributed by atoms with Crippen LogP contribution in [0.1, 0.15) is 21.5 Å². The summed E-state index contributed by atoms with van der Waals surface area (Å²) >= 11 is 6.15. The van der Waals surface area contributed by atoms with E-state index >= 15 is 0 Å². The summed E-state index contributed by atoms with van der Waals surface area (Å²) in [6.07, 6.45) is 1.71. The molecule has 0 amide bonds. The van der Waals surface area contributed by atoms with Gasteiger partial charge >= 0.3 is 0 Å². The first-order valence-electron chi connectivity index (χ1n) is 8.72. The van der Waals surface area contributed by atoms with E-state index in [9.17, 15) is 4.79 Å². The lowest BCUT2D eigenvalue weighted by molar-refractivity contribution is 0.101. The molecule has 3 aromatic rings. The van der Waals surface area contributed by atoms with Crippen molar-refractivity contribution in [2.45, 2.75) is 6.61 Å². The van der Waals surface area contributed by atoms with Gasteiger partial charge in [0.25, 0.3) is 0 Å². The summed E-state index contributed by atoms with van der Waals surface area (Å²) in [7, 11) is 1.61. The van der Waals surface area contributed by atoms with Crippen molar-refractivity contribution in [2.75, 3.05) is 7.11 Å². The fourth-order valence-corrected chi connectivity index (χ4v) is 3.08. The lowest BCUT2D eigenvalue weighted by atomic mass is 10.1. The molecular formula is C23H17ClO4. The van der Waals surface area contributed by atoms with Gasteiger partial charge in [-0.2, -0.15) is 0 Å². The van der Waals surface area contributed by atoms with Crippen molar-refractivity contribution >= 4 is 23.5 Å². The first kappa shape index (κ1) is 18.1. The van der Waals surface area contributed by atoms with Crippen molar-refractivity contribution in [1.82, 2.24) is 0 Å². The third kappa shape index (κ3) is 3.73. The Morgan fingerprint density at radius 3 is 2.50 bits per heavy atom. The average Bonchev–Trinajstić information content (AvgIpc) is 3.03. The topological polar surface area (TPSA) is 44.8 Å². The summed E-state index contributed by atoms with van der Waals surface area (Å²) in [4.78, 5) is 12.6. The maximum Gasteiger partial charge on any atom is 0.231 e. The Morgan fingerprint density at radius 1 is 1.00 bits per heavy atom. The molecule has 0 spiro atoms. The molecule has 0 saturated carbocycles. The highest BCUT2D eigenvalue weighted by Crippen LogP contribution is 2.35. The van der Waals surface area contributed by atoms with Crippen molar-refractivity contribution in [3.63, 3.8) is 0 Å². The number of ether oxygens (including phenoxy) is 3. The zero-order valence-corrected chi connectivity index (χ0v) is 15.9. The highest BCUT2D eigenvalue weighted by molar-refractivity contribution is 6.31. The number of hydrogen-bond donors (Lipinski definition) is 0. The van der Waals surface area contributed by atoms with Gasteiger partial charge in [0, 0.05) is 16.7 Å². The average molecular weight is 393 g/mol. The molecule has 0 fully saturated rings. The van der Waals surface area contributed by atoms with Gasteiger partial charge in [-0.05, 0) is 42.0 Å². The maximum atomic E-state index is 12.6. The van der Waals surface area contributed by atoms with E-state index in [2.05, 4.69) is 0 Å². The number of fused-ring (bicyclic) bond motifs is 1. The predicted molar refractivity (Wildman–Crippen MR) is 108 cm³/mol. The molecule has 140 valence electrons. The molecule has 3 aromatic carbocycles. The lowest BCUT2D eigenvalue weighted by Gasteiger charge is -2.08. The number of rotatable bonds is 5. The number of benzene rings is 3. The van der Waals surface area contributed by atoms with Crippen LogP contribution in [0.5, 0.6) is 17.2 Å². The van der Waals surface area contributed by atoms with Gasteiger partial charge in [-0.25, -0.2) is 0 Å². The standard InChI is InChI=1S/C23H17ClO4/c1-26-17-8-6-15(7-9-17)12-22-23(25)19-11-10-18(13-21(19)28-22)27-14-16-4-2-3-5-20(16)24/h2-13H,14H2,1H3/b22-12+. The van der Waals surface area contributed by atoms with Crippen LogP contribution < -0.4 is 14.2 Å². The second-order valence-electron chi connectivity index (χ2n) is 6.25. The van der Waals surface area contributed by atoms with E-state index in [4.69, 9.17) is 25.8 Å². The Bertz CT molecular complexity index is 1050. The van der Waals surface area contributed by atoms with Crippen LogP contribution in [0.3, 0.4) is 0 Å². The second-order valence-corrected chi connectivity index (χ2v) is 6.66. The van der Waals surface area contributed by atoms with Gasteiger partial charge in [-0.1, -0.05) is 41.9 Å². The van der Waals surface area contributed by atoms with Crippen LogP contribution in [-0.4, -0.2) is 12.9 Å². The maximum absolute atomic E-state index is 12.6. The number of Topliss-reactive ketones (excluding diaryl/α,β-unsaturated/α-hetero) is 1. The van der Waals surface area contributed by atoms with Crippen molar-refractivity contribution in [2.24, 2.45) is 0 Å². The van der Waals surface area contributed by atoms with Crippen LogP contribution in [0.4, 0.5) is 0 Å². The molecule has 0 radical (unpaired) electrons. The van der Waals surface area contributed by atoms with Gasteiger partial charge in [0.2, 0.25) is 5.78 Å². The zero-order chi connectivity index (χ0) is 19.5. The summed E-state index contributed by atoms with van der Waals surface area (Å²) in [6, 6.07) is 20.1. The minimum atomic E-state index is -0.150. The molecule has 5 heteroatoms. The van der Waals surface area contributed by atoms with E-state index in [0.717, 1.165) is 16.9 Å². The summed E-state index contributed by atoms with van der Waals surface area (Å²) in [5.41, 5.74) is 2.26. The quantitative estimate of drug-likeness (QED) is 0.534. The molecule has 4 nitrogen and oxygen atoms in total. The highest BCUT2D eigenvalue weighted by Gasteiger charge is 2.27. The Labute approximate surface area is 167 Å². The first-order valence-corrected chi connectivity index (χ1v) is 9.10. The van der Waals surface area contributed by atoms with Gasteiger partial charge in [0.05, 0.1) is 12.7 Å². The van der Waals surface area contributed by atoms with Gasteiger partial charge in [-0.15, -0.1) is 0 Å². The molecule has 28 heavy (non-hydrogen) atoms. The molecule has 1 aliphatic heterocycles. The number of carbonyl (C=O) groups is 1. The van der Waals surface area contributed by atoms with Crippen molar-refractivity contribution in [1.29, 1.82) is 0 Å². The van der Waals surface area contributed by atoms with Crippen LogP contribution in [0, 0.1) is 0 Å². The molecule has 0 bridgehead atoms. The van der Waals surface area contributed by atoms with Gasteiger partial charge < -0.3 is 14.2 Å². The molecule has 0 saturated heterocycles. The normalized spacial score (nSPS) is 13.9. The molecule has 1 heterocycles. The van der Waals surface area contributed by atoms with E-state index in [0.29, 0.717) is 28.7 Å². The highest BCUT2D eigenvalue weighted by atomic mass is 35.5. The molecule has 0 unspecified atom stereocenters. The van der Waals surface area contributed by atoms with Crippen LogP contribution in [-0.2, 0) is 6.61 Å². The summed E-state index contributed by atoms with van der Waals surface area (Å²) in [5.74, 6) is 1.98. The van der Waals surface area contributed by atoms with Crippen LogP contribution in [0.2, 0.25) is 5.02 Å². The molecule has 0 atom stereocenters. The minimum absolute atomic E-state index is 0.150. The third-order valence-corrected chi connectivity index (χ3v) is 4.78. The van der Waals surface area contributed by atoms with Crippen molar-refractivity contribution in [3.8, 4) is 17.2 Å². The number of carbonyl (C=O) groups excluding carboxylic acids is 1. The van der Waals surface area contributed by atoms with Crippen molar-refractivity contribution < 1.29 is 19.0 Å². The van der Waals surface area contributed by atoms with Crippen LogP contribution in [0.25, 0.3) is 6.08 Å².